The summed E-state index contributed by atoms with van der Waals surface area (Å²) in [4.78, 5) is 35.6. The molecule has 1 aliphatic heterocycles. The topological polar surface area (TPSA) is 58.4 Å². The summed E-state index contributed by atoms with van der Waals surface area (Å²) in [5.74, 6) is 0.969. The second kappa shape index (κ2) is 10.2. The molecule has 1 aliphatic rings. The van der Waals surface area contributed by atoms with E-state index in [0.29, 0.717) is 13.0 Å². The SMILES string of the molecule is CCC(C)N(C(=O)Cn1c(C2CC(=O)N(c3cc(C)cc(C)c3)C2)nc2ccccc21)C(C)CC. The molecule has 3 unspecified atom stereocenters. The number of imidazole rings is 1. The minimum absolute atomic E-state index is 0.0656. The smallest absolute Gasteiger partial charge is 0.243 e. The third kappa shape index (κ3) is 4.97. The molecular formula is C29H38N4O2. The number of anilines is 1. The van der Waals surface area contributed by atoms with Crippen LogP contribution in [0.1, 0.15) is 69.8 Å². The number of hydrogen-bond acceptors (Lipinski definition) is 3. The lowest BCUT2D eigenvalue weighted by Gasteiger charge is -2.34. The van der Waals surface area contributed by atoms with E-state index < -0.39 is 0 Å². The molecule has 2 aromatic carbocycles. The van der Waals surface area contributed by atoms with Gasteiger partial charge in [-0.15, -0.1) is 0 Å². The minimum Gasteiger partial charge on any atom is -0.336 e. The number of benzene rings is 2. The highest BCUT2D eigenvalue weighted by Crippen LogP contribution is 2.34. The maximum Gasteiger partial charge on any atom is 0.243 e. The zero-order valence-electron chi connectivity index (χ0n) is 21.9. The molecule has 35 heavy (non-hydrogen) atoms. The predicted molar refractivity (Wildman–Crippen MR) is 142 cm³/mol. The lowest BCUT2D eigenvalue weighted by molar-refractivity contribution is -0.136. The van der Waals surface area contributed by atoms with Gasteiger partial charge in [-0.2, -0.15) is 0 Å². The number of rotatable bonds is 8. The highest BCUT2D eigenvalue weighted by Gasteiger charge is 2.36. The summed E-state index contributed by atoms with van der Waals surface area (Å²) in [5.41, 5.74) is 5.04. The molecule has 1 saturated heterocycles. The molecule has 0 aliphatic carbocycles. The molecule has 3 aromatic rings. The molecule has 186 valence electrons. The number of fused-ring (bicyclic) bond motifs is 1. The van der Waals surface area contributed by atoms with Gasteiger partial charge in [0.1, 0.15) is 12.4 Å². The molecule has 0 spiro atoms. The number of amides is 2. The van der Waals surface area contributed by atoms with Crippen LogP contribution in [0, 0.1) is 13.8 Å². The molecule has 0 N–H and O–H groups in total. The lowest BCUT2D eigenvalue weighted by Crippen LogP contribution is -2.46. The average molecular weight is 475 g/mol. The fourth-order valence-electron chi connectivity index (χ4n) is 5.34. The number of carbonyl (C=O) groups excluding carboxylic acids is 2. The van der Waals surface area contributed by atoms with Crippen molar-refractivity contribution in [2.75, 3.05) is 11.4 Å². The van der Waals surface area contributed by atoms with Crippen LogP contribution in [0.15, 0.2) is 42.5 Å². The summed E-state index contributed by atoms with van der Waals surface area (Å²) in [6.07, 6.45) is 2.22. The van der Waals surface area contributed by atoms with Crippen LogP contribution in [-0.2, 0) is 16.1 Å². The number of aromatic nitrogens is 2. The van der Waals surface area contributed by atoms with E-state index in [1.54, 1.807) is 0 Å². The Hall–Kier alpha value is -3.15. The van der Waals surface area contributed by atoms with Crippen molar-refractivity contribution in [2.24, 2.45) is 0 Å². The van der Waals surface area contributed by atoms with Gasteiger partial charge in [0.05, 0.1) is 11.0 Å². The van der Waals surface area contributed by atoms with E-state index in [-0.39, 0.29) is 36.4 Å². The van der Waals surface area contributed by atoms with Crippen molar-refractivity contribution in [3.63, 3.8) is 0 Å². The zero-order valence-corrected chi connectivity index (χ0v) is 21.9. The standard InChI is InChI=1S/C29H38N4O2/c1-7-21(5)33(22(6)8-2)28(35)18-32-26-12-10-9-11-25(26)30-29(32)23-16-27(34)31(17-23)24-14-19(3)13-20(4)15-24/h9-15,21-23H,7-8,16-18H2,1-6H3. The second-order valence-electron chi connectivity index (χ2n) is 10.1. The van der Waals surface area contributed by atoms with Gasteiger partial charge in [-0.25, -0.2) is 4.98 Å². The van der Waals surface area contributed by atoms with Crippen molar-refractivity contribution in [3.05, 3.63) is 59.4 Å². The lowest BCUT2D eigenvalue weighted by atomic mass is 10.1. The maximum atomic E-state index is 13.6. The van der Waals surface area contributed by atoms with Gasteiger partial charge in [0.15, 0.2) is 0 Å². The fourth-order valence-corrected chi connectivity index (χ4v) is 5.34. The second-order valence-corrected chi connectivity index (χ2v) is 10.1. The summed E-state index contributed by atoms with van der Waals surface area (Å²) in [6, 6.07) is 14.6. The largest absolute Gasteiger partial charge is 0.336 e. The first kappa shape index (κ1) is 25.0. The molecule has 1 aromatic heterocycles. The average Bonchev–Trinajstić information content (AvgIpc) is 3.38. The molecule has 2 heterocycles. The molecule has 0 bridgehead atoms. The fraction of sp³-hybridized carbons (Fsp3) is 0.483. The molecule has 1 fully saturated rings. The molecule has 6 nitrogen and oxygen atoms in total. The Morgan fingerprint density at radius 2 is 1.69 bits per heavy atom. The Balaban J connectivity index is 1.69. The van der Waals surface area contributed by atoms with E-state index in [9.17, 15) is 9.59 Å². The monoisotopic (exact) mass is 474 g/mol. The number of hydrogen-bond donors (Lipinski definition) is 0. The summed E-state index contributed by atoms with van der Waals surface area (Å²) >= 11 is 0. The van der Waals surface area contributed by atoms with Crippen LogP contribution in [-0.4, -0.2) is 44.9 Å². The van der Waals surface area contributed by atoms with Gasteiger partial charge in [0.25, 0.3) is 0 Å². The van der Waals surface area contributed by atoms with E-state index in [1.165, 1.54) is 0 Å². The summed E-state index contributed by atoms with van der Waals surface area (Å²) in [5, 5.41) is 0. The van der Waals surface area contributed by atoms with E-state index in [1.807, 2.05) is 34.1 Å². The van der Waals surface area contributed by atoms with Crippen LogP contribution in [0.2, 0.25) is 0 Å². The number of nitrogens with zero attached hydrogens (tertiary/aromatic N) is 4. The van der Waals surface area contributed by atoms with Crippen LogP contribution in [0.3, 0.4) is 0 Å². The first-order valence-electron chi connectivity index (χ1n) is 12.9. The van der Waals surface area contributed by atoms with E-state index >= 15 is 0 Å². The van der Waals surface area contributed by atoms with Gasteiger partial charge in [-0.1, -0.05) is 32.0 Å². The van der Waals surface area contributed by atoms with Gasteiger partial charge in [0, 0.05) is 36.7 Å². The Kier molecular flexibility index (Phi) is 7.29. The third-order valence-electron chi connectivity index (χ3n) is 7.41. The highest BCUT2D eigenvalue weighted by molar-refractivity contribution is 5.96. The van der Waals surface area contributed by atoms with Gasteiger partial charge in [-0.05, 0) is 75.9 Å². The summed E-state index contributed by atoms with van der Waals surface area (Å²) in [6.45, 7) is 13.4. The molecule has 4 rings (SSSR count). The van der Waals surface area contributed by atoms with Crippen LogP contribution in [0.25, 0.3) is 11.0 Å². The van der Waals surface area contributed by atoms with Crippen molar-refractivity contribution in [1.29, 1.82) is 0 Å². The van der Waals surface area contributed by atoms with E-state index in [0.717, 1.165) is 46.5 Å². The quantitative estimate of drug-likeness (QED) is 0.427. The first-order chi connectivity index (χ1) is 16.7. The van der Waals surface area contributed by atoms with Crippen molar-refractivity contribution in [1.82, 2.24) is 14.5 Å². The summed E-state index contributed by atoms with van der Waals surface area (Å²) in [7, 11) is 0. The number of aryl methyl sites for hydroxylation is 2. The third-order valence-corrected chi connectivity index (χ3v) is 7.41. The molecule has 0 saturated carbocycles. The Morgan fingerprint density at radius 1 is 1.06 bits per heavy atom. The molecule has 6 heteroatoms. The van der Waals surface area contributed by atoms with Gasteiger partial charge >= 0.3 is 0 Å². The van der Waals surface area contributed by atoms with E-state index in [4.69, 9.17) is 4.98 Å². The molecular weight excluding hydrogens is 436 g/mol. The van der Waals surface area contributed by atoms with Crippen LogP contribution in [0.4, 0.5) is 5.69 Å². The number of carbonyl (C=O) groups is 2. The zero-order chi connectivity index (χ0) is 25.3. The van der Waals surface area contributed by atoms with Crippen molar-refractivity contribution < 1.29 is 9.59 Å². The first-order valence-corrected chi connectivity index (χ1v) is 12.9. The Morgan fingerprint density at radius 3 is 2.31 bits per heavy atom. The normalized spacial score (nSPS) is 17.7. The van der Waals surface area contributed by atoms with Crippen molar-refractivity contribution in [2.45, 2.75) is 85.4 Å². The van der Waals surface area contributed by atoms with Crippen molar-refractivity contribution >= 4 is 28.5 Å². The Bertz CT molecular complexity index is 1200. The molecule has 2 amide bonds. The Labute approximate surface area is 208 Å². The maximum absolute atomic E-state index is 13.6. The predicted octanol–water partition coefficient (Wildman–Crippen LogP) is 5.60. The van der Waals surface area contributed by atoms with Gasteiger partial charge in [0.2, 0.25) is 11.8 Å². The molecule has 3 atom stereocenters. The highest BCUT2D eigenvalue weighted by atomic mass is 16.2. The van der Waals surface area contributed by atoms with E-state index in [2.05, 4.69) is 64.3 Å². The summed E-state index contributed by atoms with van der Waals surface area (Å²) < 4.78 is 2.05. The minimum atomic E-state index is -0.0656. The van der Waals surface area contributed by atoms with Crippen LogP contribution < -0.4 is 4.90 Å². The molecule has 0 radical (unpaired) electrons. The van der Waals surface area contributed by atoms with Crippen molar-refractivity contribution in [3.8, 4) is 0 Å². The number of para-hydroxylation sites is 2. The van der Waals surface area contributed by atoms with Gasteiger partial charge < -0.3 is 14.4 Å². The van der Waals surface area contributed by atoms with Crippen LogP contribution in [0.5, 0.6) is 0 Å². The van der Waals surface area contributed by atoms with Crippen LogP contribution >= 0.6 is 0 Å². The van der Waals surface area contributed by atoms with Gasteiger partial charge in [-0.3, -0.25) is 9.59 Å².